The highest BCUT2D eigenvalue weighted by Crippen LogP contribution is 2.18. The van der Waals surface area contributed by atoms with Gasteiger partial charge in [0.25, 0.3) is 5.91 Å². The first-order valence-corrected chi connectivity index (χ1v) is 8.05. The summed E-state index contributed by atoms with van der Waals surface area (Å²) in [5.41, 5.74) is 2.32. The van der Waals surface area contributed by atoms with Crippen molar-refractivity contribution in [2.24, 2.45) is 0 Å². The summed E-state index contributed by atoms with van der Waals surface area (Å²) < 4.78 is 26.4. The van der Waals surface area contributed by atoms with Gasteiger partial charge >= 0.3 is 0 Å². The van der Waals surface area contributed by atoms with Gasteiger partial charge in [0, 0.05) is 18.3 Å². The first kappa shape index (κ1) is 17.5. The van der Waals surface area contributed by atoms with Crippen molar-refractivity contribution in [1.82, 2.24) is 20.7 Å². The highest BCUT2D eigenvalue weighted by atomic mass is 19.1. The normalized spacial score (nSPS) is 10.6. The van der Waals surface area contributed by atoms with Gasteiger partial charge in [-0.15, -0.1) is 10.2 Å². The number of H-pyrrole nitrogens is 1. The SMILES string of the molecule is CCc1ccc(Nc2n[nH]nc2C(=O)NCc2cc(F)cc(F)c2)cc1. The second-order valence-electron chi connectivity index (χ2n) is 5.66. The van der Waals surface area contributed by atoms with E-state index in [1.807, 2.05) is 24.3 Å². The van der Waals surface area contributed by atoms with Crippen LogP contribution in [0.2, 0.25) is 0 Å². The van der Waals surface area contributed by atoms with E-state index in [1.165, 1.54) is 5.56 Å². The van der Waals surface area contributed by atoms with Crippen LogP contribution in [0.1, 0.15) is 28.5 Å². The minimum absolute atomic E-state index is 0.0367. The maximum Gasteiger partial charge on any atom is 0.275 e. The minimum atomic E-state index is -0.700. The number of nitrogens with one attached hydrogen (secondary N) is 3. The second-order valence-corrected chi connectivity index (χ2v) is 5.66. The van der Waals surface area contributed by atoms with Crippen molar-refractivity contribution in [2.75, 3.05) is 5.32 Å². The molecule has 3 N–H and O–H groups in total. The first-order chi connectivity index (χ1) is 12.5. The van der Waals surface area contributed by atoms with Crippen LogP contribution in [-0.4, -0.2) is 21.3 Å². The number of carbonyl (C=O) groups is 1. The predicted molar refractivity (Wildman–Crippen MR) is 93.0 cm³/mol. The van der Waals surface area contributed by atoms with Crippen molar-refractivity contribution in [2.45, 2.75) is 19.9 Å². The van der Waals surface area contributed by atoms with E-state index in [2.05, 4.69) is 33.0 Å². The fraction of sp³-hybridized carbons (Fsp3) is 0.167. The Hall–Kier alpha value is -3.29. The van der Waals surface area contributed by atoms with Crippen LogP contribution < -0.4 is 10.6 Å². The van der Waals surface area contributed by atoms with E-state index in [0.717, 1.165) is 30.3 Å². The van der Waals surface area contributed by atoms with Crippen molar-refractivity contribution < 1.29 is 13.6 Å². The van der Waals surface area contributed by atoms with Crippen LogP contribution >= 0.6 is 0 Å². The zero-order valence-corrected chi connectivity index (χ0v) is 14.0. The first-order valence-electron chi connectivity index (χ1n) is 8.05. The topological polar surface area (TPSA) is 82.7 Å². The Balaban J connectivity index is 1.67. The van der Waals surface area contributed by atoms with E-state index >= 15 is 0 Å². The lowest BCUT2D eigenvalue weighted by atomic mass is 10.1. The predicted octanol–water partition coefficient (Wildman–Crippen LogP) is 3.32. The highest BCUT2D eigenvalue weighted by Gasteiger charge is 2.16. The van der Waals surface area contributed by atoms with Crippen LogP contribution in [0.4, 0.5) is 20.3 Å². The number of hydrogen-bond acceptors (Lipinski definition) is 4. The van der Waals surface area contributed by atoms with E-state index in [9.17, 15) is 13.6 Å². The molecular weight excluding hydrogens is 340 g/mol. The third-order valence-corrected chi connectivity index (χ3v) is 3.76. The van der Waals surface area contributed by atoms with Crippen molar-refractivity contribution in [3.05, 3.63) is 70.9 Å². The quantitative estimate of drug-likeness (QED) is 0.632. The molecular formula is C18H17F2N5O. The molecule has 1 aromatic heterocycles. The van der Waals surface area contributed by atoms with E-state index in [4.69, 9.17) is 0 Å². The minimum Gasteiger partial charge on any atom is -0.346 e. The number of hydrogen-bond donors (Lipinski definition) is 3. The van der Waals surface area contributed by atoms with Gasteiger partial charge in [-0.3, -0.25) is 4.79 Å². The number of rotatable bonds is 6. The molecule has 0 aliphatic heterocycles. The number of amides is 1. The zero-order chi connectivity index (χ0) is 18.5. The van der Waals surface area contributed by atoms with Gasteiger partial charge in [0.2, 0.25) is 0 Å². The molecule has 3 aromatic rings. The fourth-order valence-corrected chi connectivity index (χ4v) is 2.42. The Kier molecular flexibility index (Phi) is 5.21. The Bertz CT molecular complexity index is 888. The largest absolute Gasteiger partial charge is 0.346 e. The van der Waals surface area contributed by atoms with Crippen molar-refractivity contribution in [3.8, 4) is 0 Å². The number of aromatic amines is 1. The maximum atomic E-state index is 13.2. The molecule has 0 radical (unpaired) electrons. The Morgan fingerprint density at radius 2 is 1.73 bits per heavy atom. The van der Waals surface area contributed by atoms with Crippen LogP contribution in [0.3, 0.4) is 0 Å². The molecule has 134 valence electrons. The molecule has 0 saturated carbocycles. The Labute approximate surface area is 148 Å². The number of aromatic nitrogens is 3. The molecule has 0 unspecified atom stereocenters. The average molecular weight is 357 g/mol. The maximum absolute atomic E-state index is 13.2. The molecule has 2 aromatic carbocycles. The number of halogens is 2. The number of aryl methyl sites for hydroxylation is 1. The van der Waals surface area contributed by atoms with E-state index in [0.29, 0.717) is 5.56 Å². The molecule has 0 aliphatic carbocycles. The van der Waals surface area contributed by atoms with Crippen LogP contribution in [0.5, 0.6) is 0 Å². The molecule has 3 rings (SSSR count). The van der Waals surface area contributed by atoms with Crippen molar-refractivity contribution in [3.63, 3.8) is 0 Å². The van der Waals surface area contributed by atoms with E-state index in [-0.39, 0.29) is 18.1 Å². The molecule has 8 heteroatoms. The lowest BCUT2D eigenvalue weighted by molar-refractivity contribution is 0.0946. The molecule has 0 spiro atoms. The monoisotopic (exact) mass is 357 g/mol. The second kappa shape index (κ2) is 7.73. The van der Waals surface area contributed by atoms with E-state index in [1.54, 1.807) is 0 Å². The van der Waals surface area contributed by atoms with Gasteiger partial charge in [0.15, 0.2) is 11.5 Å². The van der Waals surface area contributed by atoms with Gasteiger partial charge in [0.05, 0.1) is 0 Å². The Morgan fingerprint density at radius 1 is 1.04 bits per heavy atom. The van der Waals surface area contributed by atoms with Gasteiger partial charge in [-0.1, -0.05) is 19.1 Å². The smallest absolute Gasteiger partial charge is 0.275 e. The summed E-state index contributed by atoms with van der Waals surface area (Å²) in [6.07, 6.45) is 0.929. The third-order valence-electron chi connectivity index (χ3n) is 3.76. The zero-order valence-electron chi connectivity index (χ0n) is 14.0. The molecule has 0 aliphatic rings. The van der Waals surface area contributed by atoms with Crippen LogP contribution in [0.25, 0.3) is 0 Å². The van der Waals surface area contributed by atoms with Crippen molar-refractivity contribution >= 4 is 17.4 Å². The van der Waals surface area contributed by atoms with Crippen LogP contribution in [-0.2, 0) is 13.0 Å². The lowest BCUT2D eigenvalue weighted by Crippen LogP contribution is -2.24. The van der Waals surface area contributed by atoms with Crippen LogP contribution in [0, 0.1) is 11.6 Å². The number of nitrogens with zero attached hydrogens (tertiary/aromatic N) is 2. The summed E-state index contributed by atoms with van der Waals surface area (Å²) in [5.74, 6) is -1.66. The summed E-state index contributed by atoms with van der Waals surface area (Å²) in [6, 6.07) is 10.8. The lowest BCUT2D eigenvalue weighted by Gasteiger charge is -2.07. The number of benzene rings is 2. The number of anilines is 2. The summed E-state index contributed by atoms with van der Waals surface area (Å²) >= 11 is 0. The van der Waals surface area contributed by atoms with Gasteiger partial charge in [-0.2, -0.15) is 5.21 Å². The van der Waals surface area contributed by atoms with Gasteiger partial charge in [-0.25, -0.2) is 8.78 Å². The summed E-state index contributed by atoms with van der Waals surface area (Å²) in [6.45, 7) is 2.03. The number of carbonyl (C=O) groups excluding carboxylic acids is 1. The summed E-state index contributed by atoms with van der Waals surface area (Å²) in [7, 11) is 0. The van der Waals surface area contributed by atoms with Gasteiger partial charge in [-0.05, 0) is 41.8 Å². The average Bonchev–Trinajstić information content (AvgIpc) is 3.08. The van der Waals surface area contributed by atoms with E-state index < -0.39 is 17.5 Å². The standard InChI is InChI=1S/C18H17F2N5O/c1-2-11-3-5-15(6-4-11)22-17-16(23-25-24-17)18(26)21-10-12-7-13(19)9-14(20)8-12/h3-9H,2,10H2,1H3,(H,21,26)(H2,22,23,24,25). The molecule has 26 heavy (non-hydrogen) atoms. The van der Waals surface area contributed by atoms with Gasteiger partial charge < -0.3 is 10.6 Å². The molecule has 0 bridgehead atoms. The van der Waals surface area contributed by atoms with Crippen LogP contribution in [0.15, 0.2) is 42.5 Å². The fourth-order valence-electron chi connectivity index (χ4n) is 2.42. The van der Waals surface area contributed by atoms with Gasteiger partial charge in [0.1, 0.15) is 11.6 Å². The highest BCUT2D eigenvalue weighted by molar-refractivity contribution is 5.97. The molecule has 6 nitrogen and oxygen atoms in total. The Morgan fingerprint density at radius 3 is 2.38 bits per heavy atom. The molecule has 1 amide bonds. The third kappa shape index (κ3) is 4.21. The molecule has 0 fully saturated rings. The molecule has 0 saturated heterocycles. The summed E-state index contributed by atoms with van der Waals surface area (Å²) in [4.78, 5) is 12.3. The van der Waals surface area contributed by atoms with Crippen molar-refractivity contribution in [1.29, 1.82) is 0 Å². The molecule has 0 atom stereocenters. The summed E-state index contributed by atoms with van der Waals surface area (Å²) in [5, 5.41) is 15.7. The molecule has 1 heterocycles.